The van der Waals surface area contributed by atoms with Crippen molar-refractivity contribution in [2.45, 2.75) is 12.4 Å². The molecule has 0 atom stereocenters. The highest BCUT2D eigenvalue weighted by atomic mass is 19.4. The number of nitrogens with one attached hydrogen (secondary N) is 2. The lowest BCUT2D eigenvalue weighted by atomic mass is 10.2. The molecule has 0 aliphatic heterocycles. The Kier molecular flexibility index (Phi) is 3.89. The Morgan fingerprint density at radius 2 is 1.61 bits per heavy atom. The molecule has 10 heteroatoms. The molecule has 0 saturated carbocycles. The fraction of sp³-hybridized carbons (Fsp3) is 0.375. The third kappa shape index (κ3) is 4.28. The molecule has 0 unspecified atom stereocenters. The van der Waals surface area contributed by atoms with E-state index >= 15 is 0 Å². The fourth-order valence-electron chi connectivity index (χ4n) is 1.05. The molecular formula is C8H8F6N4. The number of aromatic nitrogens is 1. The van der Waals surface area contributed by atoms with Crippen LogP contribution in [0.4, 0.5) is 38.0 Å². The molecule has 0 spiro atoms. The molecule has 1 rings (SSSR count). The van der Waals surface area contributed by atoms with E-state index in [-0.39, 0.29) is 0 Å². The van der Waals surface area contributed by atoms with Gasteiger partial charge < -0.3 is 10.7 Å². The summed E-state index contributed by atoms with van der Waals surface area (Å²) in [5, 5.41) is 1.74. The largest absolute Gasteiger partial charge is 0.416 e. The number of halogens is 6. The number of nitrogens with two attached hydrogens (primary N) is 1. The summed E-state index contributed by atoms with van der Waals surface area (Å²) < 4.78 is 73.0. The summed E-state index contributed by atoms with van der Waals surface area (Å²) in [4.78, 5) is 3.42. The maximum Gasteiger partial charge on any atom is 0.416 e. The highest BCUT2D eigenvalue weighted by molar-refractivity contribution is 5.49. The number of anilines is 2. The third-order valence-corrected chi connectivity index (χ3v) is 1.77. The monoisotopic (exact) mass is 274 g/mol. The molecule has 0 bridgehead atoms. The standard InChI is InChI=1S/C8H8F6N4/c9-7(10,11)3-16-5-1-4(8(12,13)14)2-6(17-5)18-15/h1-2H,3,15H2,(H2,16,17,18). The maximum atomic E-state index is 12.4. The lowest BCUT2D eigenvalue weighted by Gasteiger charge is -2.13. The predicted molar refractivity (Wildman–Crippen MR) is 51.6 cm³/mol. The topological polar surface area (TPSA) is 63.0 Å². The number of pyridine rings is 1. The Bertz CT molecular complexity index is 413. The first-order valence-corrected chi connectivity index (χ1v) is 4.48. The van der Waals surface area contributed by atoms with E-state index in [0.29, 0.717) is 12.1 Å². The summed E-state index contributed by atoms with van der Waals surface area (Å²) in [6.07, 6.45) is -9.27. The van der Waals surface area contributed by atoms with E-state index in [4.69, 9.17) is 5.84 Å². The van der Waals surface area contributed by atoms with Crippen molar-refractivity contribution >= 4 is 11.6 Å². The van der Waals surface area contributed by atoms with Crippen LogP contribution in [0.15, 0.2) is 12.1 Å². The van der Waals surface area contributed by atoms with Crippen LogP contribution in [0.25, 0.3) is 0 Å². The molecule has 0 aliphatic carbocycles. The van der Waals surface area contributed by atoms with Gasteiger partial charge in [0, 0.05) is 0 Å². The molecule has 0 saturated heterocycles. The summed E-state index contributed by atoms with van der Waals surface area (Å²) in [6.45, 7) is -1.49. The van der Waals surface area contributed by atoms with E-state index in [1.54, 1.807) is 5.32 Å². The van der Waals surface area contributed by atoms with Gasteiger partial charge in [0.15, 0.2) is 0 Å². The molecule has 0 fully saturated rings. The second kappa shape index (κ2) is 4.88. The molecule has 1 aromatic rings. The quantitative estimate of drug-likeness (QED) is 0.450. The van der Waals surface area contributed by atoms with Gasteiger partial charge in [-0.25, -0.2) is 10.8 Å². The fourth-order valence-corrected chi connectivity index (χ4v) is 1.05. The van der Waals surface area contributed by atoms with E-state index < -0.39 is 36.1 Å². The van der Waals surface area contributed by atoms with Crippen LogP contribution in [0, 0.1) is 0 Å². The number of hydrogen-bond donors (Lipinski definition) is 3. The molecule has 18 heavy (non-hydrogen) atoms. The van der Waals surface area contributed by atoms with Gasteiger partial charge in [-0.1, -0.05) is 0 Å². The van der Waals surface area contributed by atoms with Crippen molar-refractivity contribution in [3.63, 3.8) is 0 Å². The highest BCUT2D eigenvalue weighted by Gasteiger charge is 2.32. The average Bonchev–Trinajstić information content (AvgIpc) is 2.24. The van der Waals surface area contributed by atoms with E-state index in [0.717, 1.165) is 0 Å². The summed E-state index contributed by atoms with van der Waals surface area (Å²) in [5.41, 5.74) is 0.687. The van der Waals surface area contributed by atoms with Crippen LogP contribution in [-0.2, 0) is 6.18 Å². The summed E-state index contributed by atoms with van der Waals surface area (Å²) in [5.74, 6) is 3.92. The molecule has 0 radical (unpaired) electrons. The Labute approximate surface area is 97.1 Å². The Hall–Kier alpha value is -1.71. The van der Waals surface area contributed by atoms with Crippen LogP contribution < -0.4 is 16.6 Å². The van der Waals surface area contributed by atoms with E-state index in [2.05, 4.69) is 4.98 Å². The van der Waals surface area contributed by atoms with E-state index in [9.17, 15) is 26.3 Å². The SMILES string of the molecule is NNc1cc(C(F)(F)F)cc(NCC(F)(F)F)n1. The Morgan fingerprint density at radius 1 is 1.06 bits per heavy atom. The van der Waals surface area contributed by atoms with Gasteiger partial charge in [0.2, 0.25) is 0 Å². The van der Waals surface area contributed by atoms with Gasteiger partial charge in [-0.15, -0.1) is 0 Å². The zero-order valence-electron chi connectivity index (χ0n) is 8.65. The van der Waals surface area contributed by atoms with E-state index in [1.165, 1.54) is 0 Å². The Balaban J connectivity index is 2.98. The molecule has 4 nitrogen and oxygen atoms in total. The minimum atomic E-state index is -4.71. The van der Waals surface area contributed by atoms with Crippen LogP contribution in [0.5, 0.6) is 0 Å². The number of nitrogens with zero attached hydrogens (tertiary/aromatic N) is 1. The minimum Gasteiger partial charge on any atom is -0.361 e. The number of alkyl halides is 6. The van der Waals surface area contributed by atoms with Gasteiger partial charge in [-0.2, -0.15) is 26.3 Å². The normalized spacial score (nSPS) is 12.4. The molecule has 0 amide bonds. The van der Waals surface area contributed by atoms with Crippen molar-refractivity contribution in [2.24, 2.45) is 5.84 Å². The van der Waals surface area contributed by atoms with Crippen LogP contribution in [0.1, 0.15) is 5.56 Å². The van der Waals surface area contributed by atoms with Crippen molar-refractivity contribution in [1.82, 2.24) is 4.98 Å². The van der Waals surface area contributed by atoms with Crippen LogP contribution in [-0.4, -0.2) is 17.7 Å². The van der Waals surface area contributed by atoms with Crippen molar-refractivity contribution in [3.8, 4) is 0 Å². The number of rotatable bonds is 3. The summed E-state index contributed by atoms with van der Waals surface area (Å²) >= 11 is 0. The van der Waals surface area contributed by atoms with Crippen LogP contribution in [0.3, 0.4) is 0 Å². The molecule has 1 aromatic heterocycles. The predicted octanol–water partition coefficient (Wildman–Crippen LogP) is 2.36. The summed E-state index contributed by atoms with van der Waals surface area (Å²) in [7, 11) is 0. The number of hydrogen-bond acceptors (Lipinski definition) is 4. The van der Waals surface area contributed by atoms with Crippen LogP contribution in [0.2, 0.25) is 0 Å². The molecule has 0 aromatic carbocycles. The minimum absolute atomic E-state index is 0.394. The van der Waals surface area contributed by atoms with Crippen molar-refractivity contribution in [3.05, 3.63) is 17.7 Å². The van der Waals surface area contributed by atoms with Crippen LogP contribution >= 0.6 is 0 Å². The molecule has 102 valence electrons. The van der Waals surface area contributed by atoms with Gasteiger partial charge >= 0.3 is 12.4 Å². The lowest BCUT2D eigenvalue weighted by molar-refractivity contribution is -0.137. The second-order valence-electron chi connectivity index (χ2n) is 3.24. The Morgan fingerprint density at radius 3 is 2.06 bits per heavy atom. The van der Waals surface area contributed by atoms with Crippen molar-refractivity contribution < 1.29 is 26.3 Å². The van der Waals surface area contributed by atoms with Crippen molar-refractivity contribution in [2.75, 3.05) is 17.3 Å². The highest BCUT2D eigenvalue weighted by Crippen LogP contribution is 2.32. The smallest absolute Gasteiger partial charge is 0.361 e. The number of nitrogen functional groups attached to an aromatic ring is 1. The lowest BCUT2D eigenvalue weighted by Crippen LogP contribution is -2.22. The first-order chi connectivity index (χ1) is 8.12. The molecular weight excluding hydrogens is 266 g/mol. The zero-order chi connectivity index (χ0) is 14.0. The van der Waals surface area contributed by atoms with Gasteiger partial charge in [-0.3, -0.25) is 0 Å². The summed E-state index contributed by atoms with van der Waals surface area (Å²) in [6, 6.07) is 1.05. The van der Waals surface area contributed by atoms with Gasteiger partial charge in [0.05, 0.1) is 5.56 Å². The first kappa shape index (κ1) is 14.4. The molecule has 4 N–H and O–H groups in total. The first-order valence-electron chi connectivity index (χ1n) is 4.48. The average molecular weight is 274 g/mol. The van der Waals surface area contributed by atoms with Crippen molar-refractivity contribution in [1.29, 1.82) is 0 Å². The van der Waals surface area contributed by atoms with Gasteiger partial charge in [-0.05, 0) is 12.1 Å². The maximum absolute atomic E-state index is 12.4. The molecule has 0 aliphatic rings. The van der Waals surface area contributed by atoms with Gasteiger partial charge in [0.1, 0.15) is 18.2 Å². The second-order valence-corrected chi connectivity index (χ2v) is 3.24. The third-order valence-electron chi connectivity index (χ3n) is 1.77. The number of hydrazine groups is 1. The van der Waals surface area contributed by atoms with E-state index in [1.807, 2.05) is 5.43 Å². The van der Waals surface area contributed by atoms with Gasteiger partial charge in [0.25, 0.3) is 0 Å². The molecule has 1 heterocycles. The zero-order valence-corrected chi connectivity index (χ0v) is 8.65.